The fourth-order valence-corrected chi connectivity index (χ4v) is 4.24. The molecule has 0 aliphatic heterocycles. The number of amides is 1. The molecule has 140 valence electrons. The van der Waals surface area contributed by atoms with Gasteiger partial charge in [0.15, 0.2) is 0 Å². The topological polar surface area (TPSA) is 66.5 Å². The standard InChI is InChI=1S/C19H23ClN2O3S/c1-3-22(4-2)26(24,25)16-11-12-17(20)18(14-16)21-19(23)13-10-15-8-6-5-7-9-15/h5-9,11-12,14H,3-4,10,13H2,1-2H3,(H,21,23). The molecule has 0 saturated carbocycles. The van der Waals surface area contributed by atoms with Crippen LogP contribution in [0.3, 0.4) is 0 Å². The molecule has 0 aliphatic rings. The first-order valence-corrected chi connectivity index (χ1v) is 10.3. The summed E-state index contributed by atoms with van der Waals surface area (Å²) >= 11 is 6.13. The molecule has 5 nitrogen and oxygen atoms in total. The van der Waals surface area contributed by atoms with Gasteiger partial charge in [-0.1, -0.05) is 55.8 Å². The largest absolute Gasteiger partial charge is 0.325 e. The fourth-order valence-electron chi connectivity index (χ4n) is 2.59. The number of benzene rings is 2. The number of carbonyl (C=O) groups excluding carboxylic acids is 1. The van der Waals surface area contributed by atoms with Crippen molar-refractivity contribution in [2.24, 2.45) is 0 Å². The van der Waals surface area contributed by atoms with Crippen molar-refractivity contribution in [1.29, 1.82) is 0 Å². The van der Waals surface area contributed by atoms with Crippen molar-refractivity contribution < 1.29 is 13.2 Å². The van der Waals surface area contributed by atoms with Crippen LogP contribution in [0.1, 0.15) is 25.8 Å². The summed E-state index contributed by atoms with van der Waals surface area (Å²) in [4.78, 5) is 12.3. The van der Waals surface area contributed by atoms with Crippen LogP contribution < -0.4 is 5.32 Å². The molecule has 2 rings (SSSR count). The van der Waals surface area contributed by atoms with Gasteiger partial charge < -0.3 is 5.32 Å². The van der Waals surface area contributed by atoms with Crippen molar-refractivity contribution in [3.05, 3.63) is 59.1 Å². The number of hydrogen-bond donors (Lipinski definition) is 1. The molecule has 26 heavy (non-hydrogen) atoms. The van der Waals surface area contributed by atoms with Gasteiger partial charge in [0.25, 0.3) is 0 Å². The molecular weight excluding hydrogens is 372 g/mol. The number of rotatable bonds is 8. The predicted molar refractivity (Wildman–Crippen MR) is 105 cm³/mol. The Morgan fingerprint density at radius 3 is 2.35 bits per heavy atom. The van der Waals surface area contributed by atoms with E-state index in [1.165, 1.54) is 22.5 Å². The predicted octanol–water partition coefficient (Wildman–Crippen LogP) is 3.94. The first-order valence-electron chi connectivity index (χ1n) is 8.52. The van der Waals surface area contributed by atoms with Crippen LogP contribution in [0.25, 0.3) is 0 Å². The molecule has 0 saturated heterocycles. The Morgan fingerprint density at radius 2 is 1.73 bits per heavy atom. The van der Waals surface area contributed by atoms with Gasteiger partial charge in [-0.05, 0) is 30.2 Å². The maximum atomic E-state index is 12.6. The number of carbonyl (C=O) groups is 1. The summed E-state index contributed by atoms with van der Waals surface area (Å²) in [5, 5.41) is 3.02. The average molecular weight is 395 g/mol. The second-order valence-corrected chi connectivity index (χ2v) is 8.11. The summed E-state index contributed by atoms with van der Waals surface area (Å²) in [5.74, 6) is -0.215. The van der Waals surface area contributed by atoms with E-state index >= 15 is 0 Å². The maximum Gasteiger partial charge on any atom is 0.243 e. The lowest BCUT2D eigenvalue weighted by Gasteiger charge is -2.19. The summed E-state index contributed by atoms with van der Waals surface area (Å²) in [6, 6.07) is 14.0. The Bertz CT molecular complexity index is 850. The van der Waals surface area contributed by atoms with Crippen molar-refractivity contribution in [2.45, 2.75) is 31.6 Å². The van der Waals surface area contributed by atoms with Gasteiger partial charge in [-0.2, -0.15) is 4.31 Å². The lowest BCUT2D eigenvalue weighted by atomic mass is 10.1. The van der Waals surface area contributed by atoms with E-state index in [1.807, 2.05) is 30.3 Å². The number of sulfonamides is 1. The van der Waals surface area contributed by atoms with E-state index in [0.29, 0.717) is 30.2 Å². The molecule has 0 atom stereocenters. The Kier molecular flexibility index (Phi) is 7.20. The van der Waals surface area contributed by atoms with Gasteiger partial charge in [-0.15, -0.1) is 0 Å². The van der Waals surface area contributed by atoms with Crippen LogP contribution in [0.2, 0.25) is 5.02 Å². The zero-order chi connectivity index (χ0) is 19.2. The lowest BCUT2D eigenvalue weighted by Crippen LogP contribution is -2.30. The molecule has 1 N–H and O–H groups in total. The molecule has 0 spiro atoms. The summed E-state index contributed by atoms with van der Waals surface area (Å²) < 4.78 is 26.6. The molecule has 7 heteroatoms. The summed E-state index contributed by atoms with van der Waals surface area (Å²) in [5.41, 5.74) is 1.37. The summed E-state index contributed by atoms with van der Waals surface area (Å²) in [7, 11) is -3.61. The Morgan fingerprint density at radius 1 is 1.08 bits per heavy atom. The number of halogens is 1. The van der Waals surface area contributed by atoms with Crippen molar-refractivity contribution >= 4 is 33.2 Å². The van der Waals surface area contributed by atoms with Crippen LogP contribution in [-0.4, -0.2) is 31.7 Å². The molecule has 0 radical (unpaired) electrons. The molecule has 0 bridgehead atoms. The number of nitrogens with one attached hydrogen (secondary N) is 1. The quantitative estimate of drug-likeness (QED) is 0.737. The number of nitrogens with zero attached hydrogens (tertiary/aromatic N) is 1. The normalized spacial score (nSPS) is 11.5. The maximum absolute atomic E-state index is 12.6. The Hall–Kier alpha value is -1.89. The van der Waals surface area contributed by atoms with E-state index in [2.05, 4.69) is 5.32 Å². The van der Waals surface area contributed by atoms with Crippen LogP contribution >= 0.6 is 11.6 Å². The third-order valence-electron chi connectivity index (χ3n) is 4.04. The SMILES string of the molecule is CCN(CC)S(=O)(=O)c1ccc(Cl)c(NC(=O)CCc2ccccc2)c1. The molecule has 0 heterocycles. The van der Waals surface area contributed by atoms with Gasteiger partial charge in [0.05, 0.1) is 15.6 Å². The Balaban J connectivity index is 2.13. The van der Waals surface area contributed by atoms with Crippen LogP contribution in [0.5, 0.6) is 0 Å². The zero-order valence-electron chi connectivity index (χ0n) is 14.9. The first kappa shape index (κ1) is 20.4. The van der Waals surface area contributed by atoms with E-state index in [4.69, 9.17) is 11.6 Å². The smallest absolute Gasteiger partial charge is 0.243 e. The fraction of sp³-hybridized carbons (Fsp3) is 0.316. The van der Waals surface area contributed by atoms with E-state index < -0.39 is 10.0 Å². The van der Waals surface area contributed by atoms with Crippen LogP contribution in [-0.2, 0) is 21.2 Å². The molecular formula is C19H23ClN2O3S. The summed E-state index contributed by atoms with van der Waals surface area (Å²) in [6.45, 7) is 4.31. The van der Waals surface area contributed by atoms with E-state index in [1.54, 1.807) is 13.8 Å². The highest BCUT2D eigenvalue weighted by Crippen LogP contribution is 2.27. The van der Waals surface area contributed by atoms with Gasteiger partial charge in [-0.25, -0.2) is 8.42 Å². The first-order chi connectivity index (χ1) is 12.4. The third kappa shape index (κ3) is 5.06. The van der Waals surface area contributed by atoms with E-state index in [9.17, 15) is 13.2 Å². The molecule has 0 fully saturated rings. The minimum atomic E-state index is -3.61. The monoisotopic (exact) mass is 394 g/mol. The number of aryl methyl sites for hydroxylation is 1. The van der Waals surface area contributed by atoms with Crippen molar-refractivity contribution in [3.63, 3.8) is 0 Å². The van der Waals surface area contributed by atoms with Gasteiger partial charge in [0.2, 0.25) is 15.9 Å². The van der Waals surface area contributed by atoms with Gasteiger partial charge in [-0.3, -0.25) is 4.79 Å². The average Bonchev–Trinajstić information content (AvgIpc) is 2.63. The third-order valence-corrected chi connectivity index (χ3v) is 6.41. The number of anilines is 1. The van der Waals surface area contributed by atoms with Gasteiger partial charge >= 0.3 is 0 Å². The molecule has 2 aromatic rings. The Labute approximate surface area is 160 Å². The zero-order valence-corrected chi connectivity index (χ0v) is 16.5. The highest BCUT2D eigenvalue weighted by atomic mass is 35.5. The molecule has 2 aromatic carbocycles. The van der Waals surface area contributed by atoms with Crippen LogP contribution in [0.4, 0.5) is 5.69 Å². The lowest BCUT2D eigenvalue weighted by molar-refractivity contribution is -0.116. The van der Waals surface area contributed by atoms with E-state index in [0.717, 1.165) is 5.56 Å². The molecule has 0 aromatic heterocycles. The second-order valence-electron chi connectivity index (χ2n) is 5.76. The van der Waals surface area contributed by atoms with Crippen molar-refractivity contribution in [3.8, 4) is 0 Å². The van der Waals surface area contributed by atoms with Gasteiger partial charge in [0.1, 0.15) is 0 Å². The molecule has 0 unspecified atom stereocenters. The second kappa shape index (κ2) is 9.16. The van der Waals surface area contributed by atoms with Crippen molar-refractivity contribution in [1.82, 2.24) is 4.31 Å². The highest BCUT2D eigenvalue weighted by Gasteiger charge is 2.22. The van der Waals surface area contributed by atoms with Crippen LogP contribution in [0, 0.1) is 0 Å². The molecule has 0 aliphatic carbocycles. The van der Waals surface area contributed by atoms with E-state index in [-0.39, 0.29) is 17.2 Å². The van der Waals surface area contributed by atoms with Crippen molar-refractivity contribution in [2.75, 3.05) is 18.4 Å². The van der Waals surface area contributed by atoms with Gasteiger partial charge in [0, 0.05) is 19.5 Å². The minimum absolute atomic E-state index is 0.115. The molecule has 1 amide bonds. The summed E-state index contributed by atoms with van der Waals surface area (Å²) in [6.07, 6.45) is 0.884. The minimum Gasteiger partial charge on any atom is -0.325 e. The highest BCUT2D eigenvalue weighted by molar-refractivity contribution is 7.89. The number of hydrogen-bond acceptors (Lipinski definition) is 3. The van der Waals surface area contributed by atoms with Crippen LogP contribution in [0.15, 0.2) is 53.4 Å².